The first kappa shape index (κ1) is 14.2. The molecule has 0 bridgehead atoms. The van der Waals surface area contributed by atoms with Crippen LogP contribution in [0.3, 0.4) is 0 Å². The van der Waals surface area contributed by atoms with Crippen molar-refractivity contribution in [2.45, 2.75) is 18.6 Å². The summed E-state index contributed by atoms with van der Waals surface area (Å²) in [6.45, 7) is 0. The van der Waals surface area contributed by atoms with Gasteiger partial charge in [0.05, 0.1) is 12.0 Å². The number of nitrogen functional groups attached to an aromatic ring is 1. The molecule has 3 N–H and O–H groups in total. The first-order valence-corrected chi connectivity index (χ1v) is 5.74. The number of anilines is 2. The van der Waals surface area contributed by atoms with E-state index in [9.17, 15) is 22.8 Å². The van der Waals surface area contributed by atoms with Crippen LogP contribution >= 0.6 is 0 Å². The molecule has 0 saturated carbocycles. The van der Waals surface area contributed by atoms with E-state index in [1.807, 2.05) is 0 Å². The van der Waals surface area contributed by atoms with E-state index >= 15 is 0 Å². The van der Waals surface area contributed by atoms with Crippen LogP contribution in [0.1, 0.15) is 12.0 Å². The SMILES string of the molecule is CN1C(=O)CC(Nc2ccc(N)cc2C(F)(F)F)C1=O. The number of carbonyl (C=O) groups is 2. The highest BCUT2D eigenvalue weighted by Gasteiger charge is 2.39. The Balaban J connectivity index is 2.31. The lowest BCUT2D eigenvalue weighted by Crippen LogP contribution is -2.32. The van der Waals surface area contributed by atoms with Crippen LogP contribution in [0.15, 0.2) is 18.2 Å². The molecule has 0 radical (unpaired) electrons. The zero-order valence-corrected chi connectivity index (χ0v) is 10.5. The first-order chi connectivity index (χ1) is 9.20. The van der Waals surface area contributed by atoms with Crippen molar-refractivity contribution in [3.8, 4) is 0 Å². The average Bonchev–Trinajstić information content (AvgIpc) is 2.58. The average molecular weight is 287 g/mol. The van der Waals surface area contributed by atoms with E-state index < -0.39 is 29.6 Å². The fourth-order valence-electron chi connectivity index (χ4n) is 1.98. The van der Waals surface area contributed by atoms with Gasteiger partial charge < -0.3 is 11.1 Å². The molecule has 1 aliphatic heterocycles. The number of alkyl halides is 3. The molecule has 1 atom stereocenters. The maximum atomic E-state index is 12.9. The summed E-state index contributed by atoms with van der Waals surface area (Å²) in [5, 5.41) is 2.47. The molecule has 1 aromatic carbocycles. The molecule has 20 heavy (non-hydrogen) atoms. The topological polar surface area (TPSA) is 75.4 Å². The summed E-state index contributed by atoms with van der Waals surface area (Å²) in [6.07, 6.45) is -4.77. The summed E-state index contributed by atoms with van der Waals surface area (Å²) in [6, 6.07) is 2.24. The van der Waals surface area contributed by atoms with E-state index in [0.29, 0.717) is 0 Å². The van der Waals surface area contributed by atoms with Crippen LogP contribution in [0.25, 0.3) is 0 Å². The van der Waals surface area contributed by atoms with Gasteiger partial charge in [0.2, 0.25) is 5.91 Å². The third-order valence-corrected chi connectivity index (χ3v) is 3.06. The normalized spacial score (nSPS) is 19.6. The van der Waals surface area contributed by atoms with Crippen LogP contribution in [-0.4, -0.2) is 29.8 Å². The summed E-state index contributed by atoms with van der Waals surface area (Å²) in [7, 11) is 1.29. The summed E-state index contributed by atoms with van der Waals surface area (Å²) in [5.74, 6) is -0.989. The van der Waals surface area contributed by atoms with Gasteiger partial charge in [-0.25, -0.2) is 0 Å². The molecule has 8 heteroatoms. The van der Waals surface area contributed by atoms with E-state index in [-0.39, 0.29) is 17.8 Å². The number of likely N-dealkylation sites (N-methyl/N-ethyl adjacent to an activating group) is 1. The number of benzene rings is 1. The van der Waals surface area contributed by atoms with Gasteiger partial charge in [0.15, 0.2) is 0 Å². The van der Waals surface area contributed by atoms with Gasteiger partial charge in [0.25, 0.3) is 5.91 Å². The number of rotatable bonds is 2. The van der Waals surface area contributed by atoms with Crippen LogP contribution in [0.5, 0.6) is 0 Å². The van der Waals surface area contributed by atoms with Gasteiger partial charge in [-0.15, -0.1) is 0 Å². The quantitative estimate of drug-likeness (QED) is 0.638. The Morgan fingerprint density at radius 3 is 2.50 bits per heavy atom. The highest BCUT2D eigenvalue weighted by molar-refractivity contribution is 6.06. The molecule has 108 valence electrons. The molecule has 1 aromatic rings. The van der Waals surface area contributed by atoms with E-state index in [0.717, 1.165) is 17.0 Å². The van der Waals surface area contributed by atoms with Crippen molar-refractivity contribution in [1.29, 1.82) is 0 Å². The van der Waals surface area contributed by atoms with Gasteiger partial charge in [-0.05, 0) is 18.2 Å². The summed E-state index contributed by atoms with van der Waals surface area (Å²) >= 11 is 0. The number of likely N-dealkylation sites (tertiary alicyclic amines) is 1. The molecule has 1 heterocycles. The second kappa shape index (κ2) is 4.69. The Bertz CT molecular complexity index is 572. The van der Waals surface area contributed by atoms with Crippen molar-refractivity contribution in [1.82, 2.24) is 4.90 Å². The van der Waals surface area contributed by atoms with Gasteiger partial charge in [-0.2, -0.15) is 13.2 Å². The Kier molecular flexibility index (Phi) is 3.33. The van der Waals surface area contributed by atoms with Gasteiger partial charge in [-0.3, -0.25) is 14.5 Å². The number of nitrogens with zero attached hydrogens (tertiary/aromatic N) is 1. The van der Waals surface area contributed by atoms with E-state index in [1.165, 1.54) is 13.1 Å². The highest BCUT2D eigenvalue weighted by atomic mass is 19.4. The van der Waals surface area contributed by atoms with Crippen LogP contribution in [-0.2, 0) is 15.8 Å². The zero-order valence-electron chi connectivity index (χ0n) is 10.5. The number of halogens is 3. The largest absolute Gasteiger partial charge is 0.418 e. The van der Waals surface area contributed by atoms with Crippen LogP contribution < -0.4 is 11.1 Å². The van der Waals surface area contributed by atoms with Crippen molar-refractivity contribution < 1.29 is 22.8 Å². The lowest BCUT2D eigenvalue weighted by molar-refractivity contribution is -0.138. The molecule has 1 saturated heterocycles. The van der Waals surface area contributed by atoms with E-state index in [1.54, 1.807) is 0 Å². The fourth-order valence-corrected chi connectivity index (χ4v) is 1.98. The van der Waals surface area contributed by atoms with E-state index in [4.69, 9.17) is 5.73 Å². The molecule has 1 unspecified atom stereocenters. The number of nitrogens with one attached hydrogen (secondary N) is 1. The molecule has 0 aromatic heterocycles. The summed E-state index contributed by atoms with van der Waals surface area (Å²) in [5.41, 5.74) is 4.08. The van der Waals surface area contributed by atoms with Crippen LogP contribution in [0.2, 0.25) is 0 Å². The fraction of sp³-hybridized carbons (Fsp3) is 0.333. The Morgan fingerprint density at radius 2 is 2.00 bits per heavy atom. The van der Waals surface area contributed by atoms with Crippen LogP contribution in [0, 0.1) is 0 Å². The van der Waals surface area contributed by atoms with Crippen LogP contribution in [0.4, 0.5) is 24.5 Å². The van der Waals surface area contributed by atoms with Gasteiger partial charge in [0.1, 0.15) is 6.04 Å². The summed E-state index contributed by atoms with van der Waals surface area (Å²) in [4.78, 5) is 23.9. The smallest absolute Gasteiger partial charge is 0.399 e. The molecular formula is C12H12F3N3O2. The monoisotopic (exact) mass is 287 g/mol. The minimum absolute atomic E-state index is 0.0335. The predicted octanol–water partition coefficient (Wildman–Crippen LogP) is 1.46. The molecule has 0 aliphatic carbocycles. The number of hydrogen-bond donors (Lipinski definition) is 2. The predicted molar refractivity (Wildman–Crippen MR) is 65.7 cm³/mol. The van der Waals surface area contributed by atoms with Crippen molar-refractivity contribution in [2.75, 3.05) is 18.1 Å². The molecule has 2 rings (SSSR count). The lowest BCUT2D eigenvalue weighted by Gasteiger charge is -2.18. The van der Waals surface area contributed by atoms with Crippen molar-refractivity contribution in [2.24, 2.45) is 0 Å². The molecule has 2 amide bonds. The molecule has 1 fully saturated rings. The first-order valence-electron chi connectivity index (χ1n) is 5.74. The summed E-state index contributed by atoms with van der Waals surface area (Å²) < 4.78 is 38.7. The van der Waals surface area contributed by atoms with Gasteiger partial charge in [-0.1, -0.05) is 0 Å². The third kappa shape index (κ3) is 2.54. The second-order valence-corrected chi connectivity index (χ2v) is 4.49. The highest BCUT2D eigenvalue weighted by Crippen LogP contribution is 2.36. The molecule has 0 spiro atoms. The standard InChI is InChI=1S/C12H12F3N3O2/c1-18-10(19)5-9(11(18)20)17-8-3-2-6(16)4-7(8)12(13,14)15/h2-4,9,17H,5,16H2,1H3. The Hall–Kier alpha value is -2.25. The Morgan fingerprint density at radius 1 is 1.35 bits per heavy atom. The maximum Gasteiger partial charge on any atom is 0.418 e. The zero-order chi connectivity index (χ0) is 15.1. The van der Waals surface area contributed by atoms with Gasteiger partial charge in [0, 0.05) is 18.4 Å². The molecular weight excluding hydrogens is 275 g/mol. The van der Waals surface area contributed by atoms with Crippen molar-refractivity contribution >= 4 is 23.2 Å². The number of hydrogen-bond acceptors (Lipinski definition) is 4. The molecule has 1 aliphatic rings. The van der Waals surface area contributed by atoms with Gasteiger partial charge >= 0.3 is 6.18 Å². The van der Waals surface area contributed by atoms with Crippen molar-refractivity contribution in [3.05, 3.63) is 23.8 Å². The number of amides is 2. The second-order valence-electron chi connectivity index (χ2n) is 4.49. The minimum Gasteiger partial charge on any atom is -0.399 e. The maximum absolute atomic E-state index is 12.9. The third-order valence-electron chi connectivity index (χ3n) is 3.06. The molecule has 5 nitrogen and oxygen atoms in total. The minimum atomic E-state index is -4.60. The Labute approximate surface area is 112 Å². The number of imide groups is 1. The van der Waals surface area contributed by atoms with E-state index in [2.05, 4.69) is 5.32 Å². The lowest BCUT2D eigenvalue weighted by atomic mass is 10.1. The number of nitrogens with two attached hydrogens (primary N) is 1. The number of carbonyl (C=O) groups excluding carboxylic acids is 2. The van der Waals surface area contributed by atoms with Crippen molar-refractivity contribution in [3.63, 3.8) is 0 Å².